The van der Waals surface area contributed by atoms with Crippen LogP contribution in [0.1, 0.15) is 49.1 Å². The number of nitrogens with one attached hydrogen (secondary N) is 1. The number of hydrazine groups is 1. The molecule has 226 valence electrons. The monoisotopic (exact) mass is 676 g/mol. The Morgan fingerprint density at radius 1 is 1.07 bits per heavy atom. The van der Waals surface area contributed by atoms with Crippen LogP contribution >= 0.6 is 42.7 Å². The molecule has 2 atom stereocenters. The number of carbonyl (C=O) groups is 1. The second-order valence-electron chi connectivity index (χ2n) is 10.9. The van der Waals surface area contributed by atoms with Crippen LogP contribution in [0.2, 0.25) is 10.0 Å². The van der Waals surface area contributed by atoms with Crippen LogP contribution in [0.25, 0.3) is 5.69 Å². The number of imidazole rings is 1. The number of aromatic nitrogens is 2. The molecule has 1 aliphatic rings. The van der Waals surface area contributed by atoms with Gasteiger partial charge in [0.2, 0.25) is 0 Å². The van der Waals surface area contributed by atoms with Gasteiger partial charge in [-0.1, -0.05) is 73.1 Å². The Labute approximate surface area is 269 Å². The first-order valence-electron chi connectivity index (χ1n) is 13.8. The molecule has 1 saturated heterocycles. The van der Waals surface area contributed by atoms with Crippen molar-refractivity contribution in [1.29, 1.82) is 0 Å². The Morgan fingerprint density at radius 3 is 2.47 bits per heavy atom. The van der Waals surface area contributed by atoms with Crippen LogP contribution in [0.15, 0.2) is 76.9 Å². The van der Waals surface area contributed by atoms with Gasteiger partial charge in [0.05, 0.1) is 30.1 Å². The lowest BCUT2D eigenvalue weighted by atomic mass is 9.81. The number of aryl methyl sites for hydroxylation is 1. The second-order valence-corrected chi connectivity index (χ2v) is 16.0. The number of hydrogen-bond donors (Lipinski definition) is 1. The first-order chi connectivity index (χ1) is 20.5. The first-order valence-corrected chi connectivity index (χ1v) is 18.4. The zero-order valence-corrected chi connectivity index (χ0v) is 28.1. The van der Waals surface area contributed by atoms with Crippen molar-refractivity contribution in [3.8, 4) is 5.69 Å². The van der Waals surface area contributed by atoms with Gasteiger partial charge < -0.3 is 0 Å². The molecule has 1 aromatic heterocycles. The van der Waals surface area contributed by atoms with Crippen LogP contribution in [0, 0.1) is 12.7 Å². The molecule has 3 aromatic carbocycles. The van der Waals surface area contributed by atoms with E-state index >= 15 is 0 Å². The largest absolute Gasteiger partial charge is 0.291 e. The molecule has 0 radical (unpaired) electrons. The maximum atomic E-state index is 13.7. The summed E-state index contributed by atoms with van der Waals surface area (Å²) in [5.41, 5.74) is 6.67. The molecule has 12 heteroatoms. The SMILES string of the molecule is Cc1ccc(-n2c(C(C)(C)c3ccc(F)cc3)cnc2SCc2ccc(S(=O)PC(=O)NN3CCCC3)cc2Cl)cc1Cl. The van der Waals surface area contributed by atoms with Crippen molar-refractivity contribution < 1.29 is 13.4 Å². The van der Waals surface area contributed by atoms with E-state index in [2.05, 4.69) is 23.8 Å². The second kappa shape index (κ2) is 13.8. The van der Waals surface area contributed by atoms with Gasteiger partial charge in [-0.15, -0.1) is 0 Å². The molecular formula is C31H32Cl2FN4O2PS2. The Hall–Kier alpha value is -2.26. The molecule has 0 aliphatic carbocycles. The summed E-state index contributed by atoms with van der Waals surface area (Å²) < 4.78 is 28.7. The third-order valence-corrected chi connectivity index (χ3v) is 12.2. The summed E-state index contributed by atoms with van der Waals surface area (Å²) in [5.74, 6) is 0.225. The summed E-state index contributed by atoms with van der Waals surface area (Å²) in [6, 6.07) is 17.7. The number of hydrogen-bond acceptors (Lipinski definition) is 5. The number of amides is 1. The molecule has 6 nitrogen and oxygen atoms in total. The van der Waals surface area contributed by atoms with Gasteiger partial charge in [0.15, 0.2) is 5.16 Å². The van der Waals surface area contributed by atoms with Gasteiger partial charge in [-0.25, -0.2) is 18.6 Å². The van der Waals surface area contributed by atoms with Crippen molar-refractivity contribution in [1.82, 2.24) is 20.0 Å². The normalized spacial score (nSPS) is 14.9. The predicted molar refractivity (Wildman–Crippen MR) is 177 cm³/mol. The third-order valence-electron chi connectivity index (χ3n) is 7.50. The highest BCUT2D eigenvalue weighted by atomic mass is 35.5. The molecule has 1 N–H and O–H groups in total. The van der Waals surface area contributed by atoms with E-state index in [4.69, 9.17) is 28.2 Å². The molecule has 2 heterocycles. The van der Waals surface area contributed by atoms with Gasteiger partial charge in [-0.2, -0.15) is 0 Å². The fourth-order valence-corrected chi connectivity index (χ4v) is 8.75. The minimum atomic E-state index is -1.49. The molecule has 2 unspecified atom stereocenters. The average Bonchev–Trinajstić information content (AvgIpc) is 3.64. The lowest BCUT2D eigenvalue weighted by Gasteiger charge is -2.27. The number of thioether (sulfide) groups is 1. The van der Waals surface area contributed by atoms with E-state index < -0.39 is 23.6 Å². The highest BCUT2D eigenvalue weighted by Crippen LogP contribution is 2.38. The highest BCUT2D eigenvalue weighted by molar-refractivity contribution is 8.44. The number of benzene rings is 3. The zero-order chi connectivity index (χ0) is 30.7. The number of rotatable bonds is 10. The van der Waals surface area contributed by atoms with E-state index in [1.165, 1.54) is 23.9 Å². The van der Waals surface area contributed by atoms with Crippen LogP contribution in [0.4, 0.5) is 9.18 Å². The summed E-state index contributed by atoms with van der Waals surface area (Å²) >= 11 is 14.7. The molecule has 1 amide bonds. The summed E-state index contributed by atoms with van der Waals surface area (Å²) in [4.78, 5) is 17.7. The Balaban J connectivity index is 1.37. The fourth-order valence-electron chi connectivity index (χ4n) is 4.90. The quantitative estimate of drug-likeness (QED) is 0.135. The molecule has 0 bridgehead atoms. The molecule has 5 rings (SSSR count). The Bertz CT molecular complexity index is 1660. The van der Waals surface area contributed by atoms with Crippen LogP contribution in [0.5, 0.6) is 0 Å². The maximum absolute atomic E-state index is 13.7. The lowest BCUT2D eigenvalue weighted by molar-refractivity contribution is 0.218. The van der Waals surface area contributed by atoms with E-state index in [9.17, 15) is 13.4 Å². The van der Waals surface area contributed by atoms with Crippen LogP contribution in [-0.2, 0) is 21.6 Å². The molecule has 0 saturated carbocycles. The van der Waals surface area contributed by atoms with Crippen LogP contribution < -0.4 is 5.43 Å². The van der Waals surface area contributed by atoms with Crippen molar-refractivity contribution >= 4 is 58.8 Å². The molecule has 1 fully saturated rings. The molecule has 4 aromatic rings. The van der Waals surface area contributed by atoms with Gasteiger partial charge in [0.25, 0.3) is 5.65 Å². The van der Waals surface area contributed by atoms with Crippen molar-refractivity contribution in [2.45, 2.75) is 54.8 Å². The van der Waals surface area contributed by atoms with Gasteiger partial charge in [0.1, 0.15) is 5.82 Å². The smallest absolute Gasteiger partial charge is 0.265 e. The van der Waals surface area contributed by atoms with Gasteiger partial charge in [-0.3, -0.25) is 14.8 Å². The van der Waals surface area contributed by atoms with Crippen LogP contribution in [-0.4, -0.2) is 37.5 Å². The van der Waals surface area contributed by atoms with Gasteiger partial charge in [0, 0.05) is 44.9 Å². The minimum Gasteiger partial charge on any atom is -0.291 e. The topological polar surface area (TPSA) is 67.2 Å². The predicted octanol–water partition coefficient (Wildman–Crippen LogP) is 8.67. The van der Waals surface area contributed by atoms with Crippen molar-refractivity contribution in [2.24, 2.45) is 0 Å². The zero-order valence-electron chi connectivity index (χ0n) is 24.0. The number of nitrogens with zero attached hydrogens (tertiary/aromatic N) is 3. The first kappa shape index (κ1) is 32.1. The number of carbonyl (C=O) groups excluding carboxylic acids is 1. The average molecular weight is 678 g/mol. The van der Waals surface area contributed by atoms with Gasteiger partial charge in [-0.05, 0) is 72.9 Å². The minimum absolute atomic E-state index is 0.238. The number of halogens is 3. The standard InChI is InChI=1S/C31H32Cl2FN4O2PS2/c1-20-6-12-24(16-26(20)32)38-28(31(2,3)22-8-10-23(34)11-9-22)18-35-29(38)42-19-21-7-13-25(17-27(21)33)43(40)41-30(39)36-37-14-4-5-15-37/h6-13,16-18,41H,4-5,14-15,19H2,1-3H3,(H,36,39). The van der Waals surface area contributed by atoms with E-state index in [0.29, 0.717) is 20.7 Å². The molecule has 0 spiro atoms. The van der Waals surface area contributed by atoms with Crippen molar-refractivity contribution in [3.63, 3.8) is 0 Å². The van der Waals surface area contributed by atoms with E-state index in [0.717, 1.165) is 59.2 Å². The molecular weight excluding hydrogens is 645 g/mol. The third kappa shape index (κ3) is 7.52. The van der Waals surface area contributed by atoms with Crippen molar-refractivity contribution in [3.05, 3.63) is 105 Å². The Kier molecular flexibility index (Phi) is 10.3. The summed E-state index contributed by atoms with van der Waals surface area (Å²) in [5, 5.41) is 3.75. The molecule has 43 heavy (non-hydrogen) atoms. The van der Waals surface area contributed by atoms with Crippen LogP contribution in [0.3, 0.4) is 0 Å². The Morgan fingerprint density at radius 2 is 1.79 bits per heavy atom. The molecule has 1 aliphatic heterocycles. The maximum Gasteiger partial charge on any atom is 0.265 e. The van der Waals surface area contributed by atoms with Gasteiger partial charge >= 0.3 is 0 Å². The highest BCUT2D eigenvalue weighted by Gasteiger charge is 2.30. The van der Waals surface area contributed by atoms with E-state index in [-0.39, 0.29) is 11.5 Å². The van der Waals surface area contributed by atoms with E-state index in [1.54, 1.807) is 24.3 Å². The van der Waals surface area contributed by atoms with E-state index in [1.807, 2.05) is 42.4 Å². The fraction of sp³-hybridized carbons (Fsp3) is 0.290. The summed E-state index contributed by atoms with van der Waals surface area (Å²) in [7, 11) is -1.89. The summed E-state index contributed by atoms with van der Waals surface area (Å²) in [6.07, 6.45) is 3.95. The van der Waals surface area contributed by atoms with Crippen molar-refractivity contribution in [2.75, 3.05) is 13.1 Å². The summed E-state index contributed by atoms with van der Waals surface area (Å²) in [6.45, 7) is 7.76. The lowest BCUT2D eigenvalue weighted by Crippen LogP contribution is -2.37.